The number of halogens is 1. The van der Waals surface area contributed by atoms with Gasteiger partial charge in [-0.2, -0.15) is 0 Å². The Hall–Kier alpha value is -2.32. The van der Waals surface area contributed by atoms with E-state index in [1.54, 1.807) is 18.2 Å². The molecule has 0 spiro atoms. The molecule has 3 rings (SSSR count). The first kappa shape index (κ1) is 19.4. The highest BCUT2D eigenvalue weighted by atomic mass is 32.2. The highest BCUT2D eigenvalue weighted by molar-refractivity contribution is 7.92. The third-order valence-electron chi connectivity index (χ3n) is 4.06. The Bertz CT molecular complexity index is 879. The van der Waals surface area contributed by atoms with Crippen molar-refractivity contribution in [1.82, 2.24) is 0 Å². The first-order valence-electron chi connectivity index (χ1n) is 8.77. The number of nitrogens with zero attached hydrogens (tertiary/aromatic N) is 1. The van der Waals surface area contributed by atoms with Crippen LogP contribution < -0.4 is 14.4 Å². The number of rotatable bonds is 6. The summed E-state index contributed by atoms with van der Waals surface area (Å²) in [6.45, 7) is 6.09. The number of anilines is 2. The Morgan fingerprint density at radius 1 is 1.11 bits per heavy atom. The van der Waals surface area contributed by atoms with Crippen molar-refractivity contribution < 1.29 is 22.3 Å². The van der Waals surface area contributed by atoms with Gasteiger partial charge in [0.2, 0.25) is 0 Å². The maximum Gasteiger partial charge on any atom is 0.261 e. The molecule has 0 bridgehead atoms. The van der Waals surface area contributed by atoms with Crippen LogP contribution in [0.1, 0.15) is 13.8 Å². The van der Waals surface area contributed by atoms with Gasteiger partial charge in [-0.25, -0.2) is 12.8 Å². The van der Waals surface area contributed by atoms with E-state index in [2.05, 4.69) is 4.72 Å². The molecule has 1 heterocycles. The summed E-state index contributed by atoms with van der Waals surface area (Å²) in [4.78, 5) is 2.05. The molecule has 0 aromatic heterocycles. The molecule has 1 aliphatic heterocycles. The lowest BCUT2D eigenvalue weighted by Gasteiger charge is -2.30. The number of sulfonamides is 1. The molecule has 2 aromatic carbocycles. The van der Waals surface area contributed by atoms with Gasteiger partial charge in [-0.05, 0) is 50.2 Å². The van der Waals surface area contributed by atoms with E-state index in [-0.39, 0.29) is 16.7 Å². The largest absolute Gasteiger partial charge is 0.491 e. The Kier molecular flexibility index (Phi) is 5.86. The monoisotopic (exact) mass is 394 g/mol. The van der Waals surface area contributed by atoms with Gasteiger partial charge in [0.25, 0.3) is 10.0 Å². The van der Waals surface area contributed by atoms with E-state index < -0.39 is 15.8 Å². The predicted octanol–water partition coefficient (Wildman–Crippen LogP) is 3.25. The number of hydrogen-bond donors (Lipinski definition) is 1. The molecule has 0 amide bonds. The highest BCUT2D eigenvalue weighted by Crippen LogP contribution is 2.30. The van der Waals surface area contributed by atoms with Crippen molar-refractivity contribution in [2.45, 2.75) is 24.8 Å². The molecule has 27 heavy (non-hydrogen) atoms. The molecule has 0 radical (unpaired) electrons. The van der Waals surface area contributed by atoms with Gasteiger partial charge in [-0.3, -0.25) is 4.72 Å². The Morgan fingerprint density at radius 2 is 1.78 bits per heavy atom. The predicted molar refractivity (Wildman–Crippen MR) is 102 cm³/mol. The van der Waals surface area contributed by atoms with Crippen molar-refractivity contribution in [1.29, 1.82) is 0 Å². The molecule has 0 unspecified atom stereocenters. The van der Waals surface area contributed by atoms with Crippen LogP contribution in [-0.2, 0) is 14.8 Å². The van der Waals surface area contributed by atoms with Gasteiger partial charge in [0.1, 0.15) is 11.6 Å². The van der Waals surface area contributed by atoms with E-state index >= 15 is 0 Å². The molecule has 1 fully saturated rings. The fourth-order valence-corrected chi connectivity index (χ4v) is 3.91. The van der Waals surface area contributed by atoms with Crippen LogP contribution in [0.3, 0.4) is 0 Å². The van der Waals surface area contributed by atoms with Crippen LogP contribution >= 0.6 is 0 Å². The molecular weight excluding hydrogens is 371 g/mol. The minimum atomic E-state index is -3.87. The molecule has 1 N–H and O–H groups in total. The van der Waals surface area contributed by atoms with Gasteiger partial charge in [0.15, 0.2) is 0 Å². The van der Waals surface area contributed by atoms with Gasteiger partial charge < -0.3 is 14.4 Å². The van der Waals surface area contributed by atoms with Crippen LogP contribution in [0.25, 0.3) is 0 Å². The smallest absolute Gasteiger partial charge is 0.261 e. The molecule has 8 heteroatoms. The van der Waals surface area contributed by atoms with E-state index in [1.165, 1.54) is 24.3 Å². The summed E-state index contributed by atoms with van der Waals surface area (Å²) in [5, 5.41) is 0. The van der Waals surface area contributed by atoms with Crippen LogP contribution in [0.5, 0.6) is 5.75 Å². The zero-order chi connectivity index (χ0) is 19.4. The minimum Gasteiger partial charge on any atom is -0.491 e. The molecule has 146 valence electrons. The Labute approximate surface area is 159 Å². The Morgan fingerprint density at radius 3 is 2.41 bits per heavy atom. The summed E-state index contributed by atoms with van der Waals surface area (Å²) in [5.41, 5.74) is 0.836. The maximum atomic E-state index is 13.8. The van der Waals surface area contributed by atoms with E-state index in [1.807, 2.05) is 18.7 Å². The lowest BCUT2D eigenvalue weighted by atomic mass is 10.2. The number of morpholine rings is 1. The number of hydrogen-bond acceptors (Lipinski definition) is 5. The van der Waals surface area contributed by atoms with Crippen LogP contribution in [0.4, 0.5) is 15.8 Å². The fraction of sp³-hybridized carbons (Fsp3) is 0.368. The fourth-order valence-electron chi connectivity index (χ4n) is 2.84. The van der Waals surface area contributed by atoms with E-state index in [9.17, 15) is 12.8 Å². The van der Waals surface area contributed by atoms with Crippen molar-refractivity contribution in [2.24, 2.45) is 0 Å². The van der Waals surface area contributed by atoms with E-state index in [4.69, 9.17) is 9.47 Å². The van der Waals surface area contributed by atoms with Gasteiger partial charge in [0, 0.05) is 19.2 Å². The molecule has 0 aliphatic carbocycles. The average molecular weight is 394 g/mol. The maximum absolute atomic E-state index is 13.8. The van der Waals surface area contributed by atoms with Crippen molar-refractivity contribution in [3.05, 3.63) is 48.3 Å². The highest BCUT2D eigenvalue weighted by Gasteiger charge is 2.20. The van der Waals surface area contributed by atoms with Crippen LogP contribution in [-0.4, -0.2) is 40.8 Å². The third-order valence-corrected chi connectivity index (χ3v) is 5.44. The summed E-state index contributed by atoms with van der Waals surface area (Å²) in [7, 11) is -3.87. The second-order valence-electron chi connectivity index (χ2n) is 6.50. The molecule has 0 atom stereocenters. The number of benzene rings is 2. The van der Waals surface area contributed by atoms with Crippen molar-refractivity contribution >= 4 is 21.4 Å². The molecule has 1 aliphatic rings. The van der Waals surface area contributed by atoms with Crippen molar-refractivity contribution in [3.8, 4) is 5.75 Å². The zero-order valence-electron chi connectivity index (χ0n) is 15.3. The molecular formula is C19H23FN2O4S. The summed E-state index contributed by atoms with van der Waals surface area (Å²) in [6.07, 6.45) is -0.00560. The van der Waals surface area contributed by atoms with Crippen LogP contribution in [0, 0.1) is 5.82 Å². The summed E-state index contributed by atoms with van der Waals surface area (Å²) in [6, 6.07) is 10.2. The quantitative estimate of drug-likeness (QED) is 0.815. The molecule has 1 saturated heterocycles. The van der Waals surface area contributed by atoms with E-state index in [0.29, 0.717) is 37.7 Å². The zero-order valence-corrected chi connectivity index (χ0v) is 16.1. The normalized spacial score (nSPS) is 15.0. The van der Waals surface area contributed by atoms with Gasteiger partial charge in [-0.15, -0.1) is 0 Å². The van der Waals surface area contributed by atoms with Crippen LogP contribution in [0.2, 0.25) is 0 Å². The summed E-state index contributed by atoms with van der Waals surface area (Å²) < 4.78 is 52.7. The minimum absolute atomic E-state index is 0.00560. The third kappa shape index (κ3) is 4.90. The SMILES string of the molecule is CC(C)Oc1ccc(S(=O)(=O)Nc2cc(F)ccc2N2CCOCC2)cc1. The summed E-state index contributed by atoms with van der Waals surface area (Å²) >= 11 is 0. The van der Waals surface area contributed by atoms with Crippen LogP contribution in [0.15, 0.2) is 47.4 Å². The number of nitrogens with one attached hydrogen (secondary N) is 1. The molecule has 2 aromatic rings. The lowest BCUT2D eigenvalue weighted by molar-refractivity contribution is 0.123. The average Bonchev–Trinajstić information content (AvgIpc) is 2.62. The first-order valence-corrected chi connectivity index (χ1v) is 10.3. The van der Waals surface area contributed by atoms with Gasteiger partial charge in [-0.1, -0.05) is 0 Å². The standard InChI is InChI=1S/C19H23FN2O4S/c1-14(2)26-16-4-6-17(7-5-16)27(23,24)21-18-13-15(20)3-8-19(18)22-9-11-25-12-10-22/h3-8,13-14,21H,9-12H2,1-2H3. The summed E-state index contributed by atoms with van der Waals surface area (Å²) in [5.74, 6) is 0.0779. The van der Waals surface area contributed by atoms with Crippen molar-refractivity contribution in [3.63, 3.8) is 0 Å². The van der Waals surface area contributed by atoms with E-state index in [0.717, 1.165) is 0 Å². The second kappa shape index (κ2) is 8.14. The van der Waals surface area contributed by atoms with Crippen molar-refractivity contribution in [2.75, 3.05) is 35.9 Å². The Balaban J connectivity index is 1.85. The molecule has 0 saturated carbocycles. The lowest BCUT2D eigenvalue weighted by Crippen LogP contribution is -2.36. The first-order chi connectivity index (χ1) is 12.8. The number of ether oxygens (including phenoxy) is 2. The van der Waals surface area contributed by atoms with Gasteiger partial charge in [0.05, 0.1) is 35.6 Å². The van der Waals surface area contributed by atoms with Gasteiger partial charge >= 0.3 is 0 Å². The molecule has 6 nitrogen and oxygen atoms in total. The topological polar surface area (TPSA) is 67.9 Å². The second-order valence-corrected chi connectivity index (χ2v) is 8.19.